The van der Waals surface area contributed by atoms with E-state index >= 15 is 0 Å². The highest BCUT2D eigenvalue weighted by molar-refractivity contribution is 6.65. The first-order valence-electron chi connectivity index (χ1n) is 2.63. The molecular weight excluding hydrogens is 163 g/mol. The molecule has 0 N–H and O–H groups in total. The van der Waals surface area contributed by atoms with Gasteiger partial charge in [-0.05, 0) is 6.42 Å². The van der Waals surface area contributed by atoms with E-state index in [4.69, 9.17) is 27.6 Å². The lowest BCUT2D eigenvalue weighted by molar-refractivity contribution is 0.336. The summed E-state index contributed by atoms with van der Waals surface area (Å²) in [5.74, 6) is 0. The maximum absolute atomic E-state index is 5.42. The second-order valence-electron chi connectivity index (χ2n) is 1.47. The van der Waals surface area contributed by atoms with Crippen LogP contribution >= 0.6 is 23.2 Å². The van der Waals surface area contributed by atoms with Crippen LogP contribution in [0.25, 0.3) is 0 Å². The molecule has 0 atom stereocenters. The Kier molecular flexibility index (Phi) is 6.44. The van der Waals surface area contributed by atoms with Crippen LogP contribution in [-0.4, -0.2) is 20.8 Å². The highest BCUT2D eigenvalue weighted by Crippen LogP contribution is 1.98. The third-order valence-electron chi connectivity index (χ3n) is 0.592. The standard InChI is InChI=1S/C4H10Cl2OSi/c1-2-3-7-8-4(5)6/h4H,2-3,8H2,1H3. The molecule has 0 saturated carbocycles. The molecule has 0 fully saturated rings. The Bertz CT molecular complexity index is 51.3. The molecule has 8 heavy (non-hydrogen) atoms. The fraction of sp³-hybridized carbons (Fsp3) is 1.00. The molecule has 0 aromatic rings. The van der Waals surface area contributed by atoms with Crippen molar-refractivity contribution in [1.29, 1.82) is 0 Å². The summed E-state index contributed by atoms with van der Waals surface area (Å²) in [7, 11) is -0.634. The summed E-state index contributed by atoms with van der Waals surface area (Å²) in [6, 6.07) is 0. The number of hydrogen-bond acceptors (Lipinski definition) is 1. The Hall–Kier alpha value is 0.757. The number of alkyl halides is 2. The second-order valence-corrected chi connectivity index (χ2v) is 5.34. The molecule has 4 heteroatoms. The van der Waals surface area contributed by atoms with Crippen LogP contribution in [0.2, 0.25) is 0 Å². The van der Waals surface area contributed by atoms with E-state index < -0.39 is 9.76 Å². The van der Waals surface area contributed by atoms with Crippen LogP contribution in [0.3, 0.4) is 0 Å². The first-order valence-corrected chi connectivity index (χ1v) is 4.90. The molecule has 0 aromatic heterocycles. The van der Waals surface area contributed by atoms with Gasteiger partial charge >= 0.3 is 0 Å². The maximum atomic E-state index is 5.42. The zero-order valence-electron chi connectivity index (χ0n) is 4.86. The van der Waals surface area contributed by atoms with E-state index in [1.165, 1.54) is 0 Å². The molecule has 0 aliphatic rings. The zero-order chi connectivity index (χ0) is 6.41. The number of hydrogen-bond donors (Lipinski definition) is 0. The molecule has 0 rings (SSSR count). The SMILES string of the molecule is CCCO[SiH2]C(Cl)Cl. The Morgan fingerprint density at radius 3 is 2.62 bits per heavy atom. The van der Waals surface area contributed by atoms with Gasteiger partial charge in [-0.2, -0.15) is 0 Å². The average Bonchev–Trinajstić information content (AvgIpc) is 1.66. The monoisotopic (exact) mass is 172 g/mol. The van der Waals surface area contributed by atoms with E-state index in [0.717, 1.165) is 13.0 Å². The van der Waals surface area contributed by atoms with Crippen molar-refractivity contribution >= 4 is 33.0 Å². The van der Waals surface area contributed by atoms with Gasteiger partial charge in [0.15, 0.2) is 9.76 Å². The van der Waals surface area contributed by atoms with E-state index in [0.29, 0.717) is 0 Å². The molecule has 0 amide bonds. The Labute approximate surface area is 62.3 Å². The first-order chi connectivity index (χ1) is 3.77. The lowest BCUT2D eigenvalue weighted by Gasteiger charge is -1.99. The van der Waals surface area contributed by atoms with Crippen molar-refractivity contribution < 1.29 is 4.43 Å². The summed E-state index contributed by atoms with van der Waals surface area (Å²) in [5, 5.41) is 0. The predicted octanol–water partition coefficient (Wildman–Crippen LogP) is 1.26. The molecular formula is C4H10Cl2OSi. The summed E-state index contributed by atoms with van der Waals surface area (Å²) in [6.07, 6.45) is 1.05. The van der Waals surface area contributed by atoms with Crippen molar-refractivity contribution in [3.8, 4) is 0 Å². The molecule has 0 aromatic carbocycles. The smallest absolute Gasteiger partial charge is 0.195 e. The molecule has 0 saturated heterocycles. The minimum Gasteiger partial charge on any atom is -0.421 e. The largest absolute Gasteiger partial charge is 0.421 e. The molecule has 0 unspecified atom stereocenters. The first kappa shape index (κ1) is 8.76. The molecule has 1 nitrogen and oxygen atoms in total. The van der Waals surface area contributed by atoms with Crippen LogP contribution < -0.4 is 0 Å². The van der Waals surface area contributed by atoms with Crippen molar-refractivity contribution in [2.75, 3.05) is 6.61 Å². The van der Waals surface area contributed by atoms with Crippen LogP contribution in [0.5, 0.6) is 0 Å². The van der Waals surface area contributed by atoms with Gasteiger partial charge in [0.05, 0.1) is 0 Å². The van der Waals surface area contributed by atoms with Crippen LogP contribution in [0.4, 0.5) is 0 Å². The van der Waals surface area contributed by atoms with Gasteiger partial charge in [-0.15, -0.1) is 23.2 Å². The minimum atomic E-state index is -0.634. The summed E-state index contributed by atoms with van der Waals surface area (Å²) in [6.45, 7) is 2.87. The molecule has 0 radical (unpaired) electrons. The van der Waals surface area contributed by atoms with Crippen molar-refractivity contribution in [2.24, 2.45) is 0 Å². The van der Waals surface area contributed by atoms with Crippen LogP contribution in [-0.2, 0) is 4.43 Å². The summed E-state index contributed by atoms with van der Waals surface area (Å²) >= 11 is 10.8. The van der Waals surface area contributed by atoms with Gasteiger partial charge in [0, 0.05) is 6.61 Å². The van der Waals surface area contributed by atoms with Crippen molar-refractivity contribution in [2.45, 2.75) is 17.8 Å². The number of halogens is 2. The van der Waals surface area contributed by atoms with E-state index in [2.05, 4.69) is 6.92 Å². The highest BCUT2D eigenvalue weighted by atomic mass is 35.5. The van der Waals surface area contributed by atoms with E-state index in [1.807, 2.05) is 0 Å². The molecule has 0 heterocycles. The van der Waals surface area contributed by atoms with Crippen LogP contribution in [0.1, 0.15) is 13.3 Å². The molecule has 50 valence electrons. The fourth-order valence-corrected chi connectivity index (χ4v) is 1.48. The lowest BCUT2D eigenvalue weighted by atomic mass is 10.5. The zero-order valence-corrected chi connectivity index (χ0v) is 7.79. The molecule has 0 aliphatic carbocycles. The third-order valence-corrected chi connectivity index (χ3v) is 2.12. The quantitative estimate of drug-likeness (QED) is 0.353. The van der Waals surface area contributed by atoms with Gasteiger partial charge in [-0.25, -0.2) is 0 Å². The number of rotatable bonds is 4. The fourth-order valence-electron chi connectivity index (χ4n) is 0.317. The van der Waals surface area contributed by atoms with Crippen molar-refractivity contribution in [3.63, 3.8) is 0 Å². The average molecular weight is 173 g/mol. The Morgan fingerprint density at radius 2 is 2.25 bits per heavy atom. The molecule has 0 bridgehead atoms. The second kappa shape index (κ2) is 5.89. The third kappa shape index (κ3) is 6.76. The van der Waals surface area contributed by atoms with Gasteiger partial charge < -0.3 is 4.43 Å². The summed E-state index contributed by atoms with van der Waals surface area (Å²) in [5.41, 5.74) is 0. The molecule has 0 spiro atoms. The van der Waals surface area contributed by atoms with Gasteiger partial charge in [0.2, 0.25) is 0 Å². The van der Waals surface area contributed by atoms with Gasteiger partial charge in [0.25, 0.3) is 0 Å². The van der Waals surface area contributed by atoms with E-state index in [-0.39, 0.29) is 4.46 Å². The van der Waals surface area contributed by atoms with Crippen LogP contribution in [0, 0.1) is 0 Å². The van der Waals surface area contributed by atoms with Crippen molar-refractivity contribution in [3.05, 3.63) is 0 Å². The lowest BCUT2D eigenvalue weighted by Crippen LogP contribution is -2.07. The van der Waals surface area contributed by atoms with E-state index in [1.54, 1.807) is 0 Å². The van der Waals surface area contributed by atoms with Crippen LogP contribution in [0.15, 0.2) is 0 Å². The highest BCUT2D eigenvalue weighted by Gasteiger charge is 1.97. The van der Waals surface area contributed by atoms with Gasteiger partial charge in [-0.1, -0.05) is 6.92 Å². The van der Waals surface area contributed by atoms with E-state index in [9.17, 15) is 0 Å². The Balaban J connectivity index is 2.72. The summed E-state index contributed by atoms with van der Waals surface area (Å²) < 4.78 is 4.88. The van der Waals surface area contributed by atoms with Crippen molar-refractivity contribution in [1.82, 2.24) is 0 Å². The predicted molar refractivity (Wildman–Crippen MR) is 40.3 cm³/mol. The minimum absolute atomic E-state index is 0.235. The Morgan fingerprint density at radius 1 is 1.62 bits per heavy atom. The topological polar surface area (TPSA) is 9.23 Å². The molecule has 0 aliphatic heterocycles. The maximum Gasteiger partial charge on any atom is 0.195 e. The van der Waals surface area contributed by atoms with Gasteiger partial charge in [-0.3, -0.25) is 0 Å². The van der Waals surface area contributed by atoms with Gasteiger partial charge in [0.1, 0.15) is 4.46 Å². The normalized spacial score (nSPS) is 12.0. The summed E-state index contributed by atoms with van der Waals surface area (Å²) in [4.78, 5) is 0.